The van der Waals surface area contributed by atoms with Gasteiger partial charge < -0.3 is 15.4 Å². The zero-order valence-corrected chi connectivity index (χ0v) is 11.3. The van der Waals surface area contributed by atoms with E-state index in [9.17, 15) is 4.79 Å². The number of amides is 1. The van der Waals surface area contributed by atoms with Crippen LogP contribution < -0.4 is 10.6 Å². The molecule has 4 nitrogen and oxygen atoms in total. The summed E-state index contributed by atoms with van der Waals surface area (Å²) >= 11 is 0. The van der Waals surface area contributed by atoms with Crippen molar-refractivity contribution in [1.82, 2.24) is 10.6 Å². The van der Waals surface area contributed by atoms with E-state index < -0.39 is 0 Å². The van der Waals surface area contributed by atoms with Crippen LogP contribution in [-0.4, -0.2) is 37.2 Å². The van der Waals surface area contributed by atoms with Crippen LogP contribution >= 0.6 is 0 Å². The Kier molecular flexibility index (Phi) is 5.92. The van der Waals surface area contributed by atoms with Crippen LogP contribution in [0.25, 0.3) is 0 Å². The van der Waals surface area contributed by atoms with Crippen LogP contribution in [0.2, 0.25) is 0 Å². The predicted molar refractivity (Wildman–Crippen MR) is 69.0 cm³/mol. The molecule has 0 radical (unpaired) electrons. The molecule has 1 amide bonds. The van der Waals surface area contributed by atoms with E-state index in [1.165, 1.54) is 0 Å². The average molecular weight is 242 g/mol. The van der Waals surface area contributed by atoms with Gasteiger partial charge in [0.05, 0.1) is 12.1 Å². The van der Waals surface area contributed by atoms with E-state index >= 15 is 0 Å². The molecule has 0 aromatic carbocycles. The third-order valence-corrected chi connectivity index (χ3v) is 3.44. The quantitative estimate of drug-likeness (QED) is 0.710. The third-order valence-electron chi connectivity index (χ3n) is 3.44. The molecule has 1 fully saturated rings. The van der Waals surface area contributed by atoms with Crippen LogP contribution in [0.4, 0.5) is 0 Å². The lowest BCUT2D eigenvalue weighted by Gasteiger charge is -2.23. The molecule has 1 rings (SSSR count). The van der Waals surface area contributed by atoms with Crippen LogP contribution in [0.5, 0.6) is 0 Å². The smallest absolute Gasteiger partial charge is 0.234 e. The van der Waals surface area contributed by atoms with E-state index in [1.54, 1.807) is 0 Å². The van der Waals surface area contributed by atoms with Crippen molar-refractivity contribution in [3.63, 3.8) is 0 Å². The summed E-state index contributed by atoms with van der Waals surface area (Å²) in [6.07, 6.45) is 4.18. The van der Waals surface area contributed by atoms with Gasteiger partial charge in [-0.3, -0.25) is 4.79 Å². The van der Waals surface area contributed by atoms with E-state index in [0.717, 1.165) is 38.8 Å². The topological polar surface area (TPSA) is 50.4 Å². The number of ether oxygens (including phenoxy) is 1. The van der Waals surface area contributed by atoms with Crippen molar-refractivity contribution in [3.8, 4) is 0 Å². The van der Waals surface area contributed by atoms with Gasteiger partial charge in [-0.15, -0.1) is 0 Å². The van der Waals surface area contributed by atoms with Crippen molar-refractivity contribution in [2.45, 2.75) is 58.1 Å². The molecule has 1 saturated heterocycles. The molecular formula is C13H26N2O2. The lowest BCUT2D eigenvalue weighted by Crippen LogP contribution is -2.44. The van der Waals surface area contributed by atoms with Crippen LogP contribution in [0, 0.1) is 0 Å². The number of hydrogen-bond donors (Lipinski definition) is 2. The minimum Gasteiger partial charge on any atom is -0.374 e. The first-order valence-corrected chi connectivity index (χ1v) is 6.73. The summed E-state index contributed by atoms with van der Waals surface area (Å²) < 4.78 is 5.65. The summed E-state index contributed by atoms with van der Waals surface area (Å²) in [5, 5.41) is 6.20. The van der Waals surface area contributed by atoms with Gasteiger partial charge in [0, 0.05) is 19.2 Å². The molecule has 4 heteroatoms. The van der Waals surface area contributed by atoms with Gasteiger partial charge in [0.1, 0.15) is 0 Å². The molecule has 17 heavy (non-hydrogen) atoms. The molecule has 2 N–H and O–H groups in total. The second-order valence-electron chi connectivity index (χ2n) is 5.09. The largest absolute Gasteiger partial charge is 0.374 e. The number of rotatable bonds is 7. The van der Waals surface area contributed by atoms with Crippen molar-refractivity contribution >= 4 is 5.91 Å². The zero-order chi connectivity index (χ0) is 12.7. The Balaban J connectivity index is 2.15. The van der Waals surface area contributed by atoms with Crippen LogP contribution in [0.15, 0.2) is 0 Å². The predicted octanol–water partition coefficient (Wildman–Crippen LogP) is 1.45. The molecule has 0 spiro atoms. The average Bonchev–Trinajstić information content (AvgIpc) is 2.73. The highest BCUT2D eigenvalue weighted by Crippen LogP contribution is 2.23. The molecule has 0 aromatic rings. The summed E-state index contributed by atoms with van der Waals surface area (Å²) in [6.45, 7) is 8.27. The minimum absolute atomic E-state index is 0.0742. The molecule has 1 atom stereocenters. The second-order valence-corrected chi connectivity index (χ2v) is 5.09. The lowest BCUT2D eigenvalue weighted by atomic mass is 10.0. The van der Waals surface area contributed by atoms with Gasteiger partial charge in [-0.25, -0.2) is 0 Å². The maximum atomic E-state index is 11.6. The van der Waals surface area contributed by atoms with E-state index in [1.807, 2.05) is 0 Å². The SMILES string of the molecule is CCC(CC)NC(=O)CNCC1(C)CCCO1. The number of carbonyl (C=O) groups is 1. The summed E-state index contributed by atoms with van der Waals surface area (Å²) in [7, 11) is 0. The molecule has 0 aromatic heterocycles. The summed E-state index contributed by atoms with van der Waals surface area (Å²) in [5.74, 6) is 0.0836. The zero-order valence-electron chi connectivity index (χ0n) is 11.3. The Bertz CT molecular complexity index is 234. The first kappa shape index (κ1) is 14.5. The monoisotopic (exact) mass is 242 g/mol. The molecule has 0 saturated carbocycles. The fourth-order valence-corrected chi connectivity index (χ4v) is 2.19. The molecule has 0 bridgehead atoms. The first-order valence-electron chi connectivity index (χ1n) is 6.73. The highest BCUT2D eigenvalue weighted by Gasteiger charge is 2.29. The van der Waals surface area contributed by atoms with Gasteiger partial charge in [0.15, 0.2) is 0 Å². The molecule has 100 valence electrons. The van der Waals surface area contributed by atoms with Crippen LogP contribution in [0.1, 0.15) is 46.5 Å². The Morgan fingerprint density at radius 3 is 2.65 bits per heavy atom. The van der Waals surface area contributed by atoms with Crippen LogP contribution in [-0.2, 0) is 9.53 Å². The van der Waals surface area contributed by atoms with Crippen molar-refractivity contribution < 1.29 is 9.53 Å². The number of nitrogens with one attached hydrogen (secondary N) is 2. The molecule has 1 heterocycles. The Morgan fingerprint density at radius 1 is 1.41 bits per heavy atom. The Labute approximate surface area is 104 Å². The number of carbonyl (C=O) groups excluding carboxylic acids is 1. The van der Waals surface area contributed by atoms with Gasteiger partial charge in [0.2, 0.25) is 5.91 Å². The van der Waals surface area contributed by atoms with Gasteiger partial charge in [-0.1, -0.05) is 13.8 Å². The lowest BCUT2D eigenvalue weighted by molar-refractivity contribution is -0.121. The van der Waals surface area contributed by atoms with Crippen molar-refractivity contribution in [2.75, 3.05) is 19.7 Å². The Hall–Kier alpha value is -0.610. The summed E-state index contributed by atoms with van der Waals surface area (Å²) in [6, 6.07) is 0.308. The van der Waals surface area contributed by atoms with E-state index in [0.29, 0.717) is 12.6 Å². The fraction of sp³-hybridized carbons (Fsp3) is 0.923. The first-order chi connectivity index (χ1) is 8.09. The minimum atomic E-state index is -0.0742. The highest BCUT2D eigenvalue weighted by atomic mass is 16.5. The van der Waals surface area contributed by atoms with Gasteiger partial charge in [-0.2, -0.15) is 0 Å². The van der Waals surface area contributed by atoms with Crippen LogP contribution in [0.3, 0.4) is 0 Å². The second kappa shape index (κ2) is 6.97. The summed E-state index contributed by atoms with van der Waals surface area (Å²) in [5.41, 5.74) is -0.0742. The van der Waals surface area contributed by atoms with Gasteiger partial charge in [-0.05, 0) is 32.6 Å². The van der Waals surface area contributed by atoms with Gasteiger partial charge in [0.25, 0.3) is 0 Å². The van der Waals surface area contributed by atoms with E-state index in [-0.39, 0.29) is 11.5 Å². The van der Waals surface area contributed by atoms with E-state index in [4.69, 9.17) is 4.74 Å². The van der Waals surface area contributed by atoms with E-state index in [2.05, 4.69) is 31.4 Å². The molecule has 0 aliphatic carbocycles. The van der Waals surface area contributed by atoms with Gasteiger partial charge >= 0.3 is 0 Å². The fourth-order valence-electron chi connectivity index (χ4n) is 2.19. The third kappa shape index (κ3) is 5.04. The Morgan fingerprint density at radius 2 is 2.12 bits per heavy atom. The molecule has 1 aliphatic rings. The molecule has 1 aliphatic heterocycles. The van der Waals surface area contributed by atoms with Crippen molar-refractivity contribution in [2.24, 2.45) is 0 Å². The van der Waals surface area contributed by atoms with Crippen molar-refractivity contribution in [3.05, 3.63) is 0 Å². The van der Waals surface area contributed by atoms with Crippen molar-refractivity contribution in [1.29, 1.82) is 0 Å². The maximum absolute atomic E-state index is 11.6. The standard InChI is InChI=1S/C13H26N2O2/c1-4-11(5-2)15-12(16)9-14-10-13(3)7-6-8-17-13/h11,14H,4-10H2,1-3H3,(H,15,16). The maximum Gasteiger partial charge on any atom is 0.234 e. The molecular weight excluding hydrogens is 216 g/mol. The summed E-state index contributed by atoms with van der Waals surface area (Å²) in [4.78, 5) is 11.6. The highest BCUT2D eigenvalue weighted by molar-refractivity contribution is 5.78. The normalized spacial score (nSPS) is 24.2. The molecule has 1 unspecified atom stereocenters. The number of hydrogen-bond acceptors (Lipinski definition) is 3.